The van der Waals surface area contributed by atoms with Crippen LogP contribution >= 0.6 is 11.8 Å². The van der Waals surface area contributed by atoms with Gasteiger partial charge in [-0.05, 0) is 24.7 Å². The molecule has 2 aliphatic heterocycles. The first kappa shape index (κ1) is 7.99. The molecule has 0 N–H and O–H groups in total. The molecular formula is C10H13NS. The molecule has 2 rings (SSSR count). The van der Waals surface area contributed by atoms with Crippen LogP contribution in [0.1, 0.15) is 19.3 Å². The van der Waals surface area contributed by atoms with E-state index in [1.165, 1.54) is 23.7 Å². The molecular weight excluding hydrogens is 166 g/mol. The number of rotatable bonds is 3. The number of allylic oxidation sites excluding steroid dienone is 2. The molecule has 0 atom stereocenters. The molecule has 0 spiro atoms. The summed E-state index contributed by atoms with van der Waals surface area (Å²) in [6, 6.07) is 0. The van der Waals surface area contributed by atoms with E-state index >= 15 is 0 Å². The molecule has 0 fully saturated rings. The summed E-state index contributed by atoms with van der Waals surface area (Å²) in [5.41, 5.74) is 1.48. The molecule has 0 aromatic heterocycles. The van der Waals surface area contributed by atoms with Gasteiger partial charge < -0.3 is 4.90 Å². The van der Waals surface area contributed by atoms with Gasteiger partial charge in [0, 0.05) is 12.2 Å². The van der Waals surface area contributed by atoms with Crippen LogP contribution in [0.15, 0.2) is 34.9 Å². The number of nitrogens with zero attached hydrogens (tertiary/aromatic N) is 1. The second kappa shape index (κ2) is 3.40. The van der Waals surface area contributed by atoms with E-state index in [1.807, 2.05) is 17.8 Å². The van der Waals surface area contributed by atoms with Gasteiger partial charge in [-0.15, -0.1) is 6.58 Å². The van der Waals surface area contributed by atoms with Crippen LogP contribution < -0.4 is 0 Å². The Labute approximate surface area is 77.8 Å². The molecule has 0 aromatic carbocycles. The quantitative estimate of drug-likeness (QED) is 0.612. The smallest absolute Gasteiger partial charge is 0.0753 e. The van der Waals surface area contributed by atoms with Gasteiger partial charge in [-0.25, -0.2) is 0 Å². The fourth-order valence-electron chi connectivity index (χ4n) is 1.57. The van der Waals surface area contributed by atoms with Crippen LogP contribution in [0.5, 0.6) is 0 Å². The van der Waals surface area contributed by atoms with Crippen LogP contribution in [0.3, 0.4) is 0 Å². The predicted molar refractivity (Wildman–Crippen MR) is 54.5 cm³/mol. The highest BCUT2D eigenvalue weighted by molar-refractivity contribution is 8.06. The number of hydrogen-bond donors (Lipinski definition) is 0. The van der Waals surface area contributed by atoms with E-state index in [0.717, 1.165) is 12.8 Å². The predicted octanol–water partition coefficient (Wildman–Crippen LogP) is 3.09. The van der Waals surface area contributed by atoms with Crippen LogP contribution in [0.25, 0.3) is 0 Å². The topological polar surface area (TPSA) is 3.24 Å². The molecule has 0 amide bonds. The molecule has 0 aliphatic carbocycles. The highest BCUT2D eigenvalue weighted by Gasteiger charge is 2.23. The molecule has 0 radical (unpaired) electrons. The zero-order chi connectivity index (χ0) is 8.39. The first-order valence-corrected chi connectivity index (χ1v) is 5.24. The van der Waals surface area contributed by atoms with Crippen molar-refractivity contribution in [3.05, 3.63) is 34.9 Å². The summed E-state index contributed by atoms with van der Waals surface area (Å²) in [6.45, 7) is 4.93. The van der Waals surface area contributed by atoms with Crippen LogP contribution in [0.4, 0.5) is 0 Å². The second-order valence-electron chi connectivity index (χ2n) is 3.04. The third-order valence-electron chi connectivity index (χ3n) is 2.20. The molecule has 0 unspecified atom stereocenters. The maximum Gasteiger partial charge on any atom is 0.0753 e. The van der Waals surface area contributed by atoms with Gasteiger partial charge >= 0.3 is 0 Å². The summed E-state index contributed by atoms with van der Waals surface area (Å²) in [4.78, 5) is 2.42. The van der Waals surface area contributed by atoms with E-state index in [4.69, 9.17) is 0 Å². The average molecular weight is 179 g/mol. The lowest BCUT2D eigenvalue weighted by molar-refractivity contribution is 0.479. The van der Waals surface area contributed by atoms with Gasteiger partial charge in [0.25, 0.3) is 0 Å². The van der Waals surface area contributed by atoms with Crippen molar-refractivity contribution in [2.45, 2.75) is 19.3 Å². The Balaban J connectivity index is 1.99. The van der Waals surface area contributed by atoms with Gasteiger partial charge in [-0.1, -0.05) is 23.9 Å². The molecule has 1 nitrogen and oxygen atoms in total. The standard InChI is InChI=1S/C10H13NS/c1-2-3-5-9-8-12-10-6-4-7-11(9)10/h2,6,8H,1,3-5,7H2. The van der Waals surface area contributed by atoms with Gasteiger partial charge in [-0.3, -0.25) is 0 Å². The van der Waals surface area contributed by atoms with E-state index in [1.54, 1.807) is 0 Å². The summed E-state index contributed by atoms with van der Waals surface area (Å²) in [5, 5.41) is 3.71. The van der Waals surface area contributed by atoms with Crippen molar-refractivity contribution in [1.29, 1.82) is 0 Å². The maximum atomic E-state index is 3.74. The van der Waals surface area contributed by atoms with Crippen LogP contribution in [-0.4, -0.2) is 11.4 Å². The second-order valence-corrected chi connectivity index (χ2v) is 3.93. The lowest BCUT2D eigenvalue weighted by Crippen LogP contribution is -2.13. The Morgan fingerprint density at radius 2 is 2.58 bits per heavy atom. The van der Waals surface area contributed by atoms with Crippen LogP contribution in [0, 0.1) is 0 Å². The summed E-state index contributed by atoms with van der Waals surface area (Å²) >= 11 is 1.86. The van der Waals surface area contributed by atoms with Gasteiger partial charge in [-0.2, -0.15) is 0 Å². The van der Waals surface area contributed by atoms with Crippen molar-refractivity contribution in [3.63, 3.8) is 0 Å². The highest BCUT2D eigenvalue weighted by atomic mass is 32.2. The third kappa shape index (κ3) is 1.31. The molecule has 64 valence electrons. The van der Waals surface area contributed by atoms with E-state index in [9.17, 15) is 0 Å². The Bertz CT molecular complexity index is 253. The van der Waals surface area contributed by atoms with Crippen molar-refractivity contribution in [3.8, 4) is 0 Å². The fraction of sp³-hybridized carbons (Fsp3) is 0.400. The minimum absolute atomic E-state index is 1.09. The maximum absolute atomic E-state index is 3.74. The van der Waals surface area contributed by atoms with E-state index in [-0.39, 0.29) is 0 Å². The SMILES string of the molecule is C=CCCC1=CSC2=CCCN12. The van der Waals surface area contributed by atoms with Gasteiger partial charge in [0.1, 0.15) is 0 Å². The largest absolute Gasteiger partial charge is 0.339 e. The zero-order valence-corrected chi connectivity index (χ0v) is 7.94. The molecule has 0 aromatic rings. The summed E-state index contributed by atoms with van der Waals surface area (Å²) in [6.07, 6.45) is 7.77. The number of hydrogen-bond acceptors (Lipinski definition) is 2. The Morgan fingerprint density at radius 3 is 3.42 bits per heavy atom. The fourth-order valence-corrected chi connectivity index (χ4v) is 2.62. The van der Waals surface area contributed by atoms with Crippen molar-refractivity contribution < 1.29 is 0 Å². The highest BCUT2D eigenvalue weighted by Crippen LogP contribution is 2.39. The van der Waals surface area contributed by atoms with E-state index < -0.39 is 0 Å². The lowest BCUT2D eigenvalue weighted by Gasteiger charge is -2.17. The number of fused-ring (bicyclic) bond motifs is 1. The molecule has 0 saturated heterocycles. The first-order chi connectivity index (χ1) is 5.92. The van der Waals surface area contributed by atoms with Crippen LogP contribution in [-0.2, 0) is 0 Å². The average Bonchev–Trinajstić information content (AvgIpc) is 2.62. The molecule has 2 heterocycles. The monoisotopic (exact) mass is 179 g/mol. The summed E-state index contributed by atoms with van der Waals surface area (Å²) < 4.78 is 0. The molecule has 0 bridgehead atoms. The molecule has 0 saturated carbocycles. The number of thioether (sulfide) groups is 1. The summed E-state index contributed by atoms with van der Waals surface area (Å²) in [5.74, 6) is 0. The third-order valence-corrected chi connectivity index (χ3v) is 3.22. The van der Waals surface area contributed by atoms with Gasteiger partial charge in [0.2, 0.25) is 0 Å². The minimum atomic E-state index is 1.09. The molecule has 2 heteroatoms. The zero-order valence-electron chi connectivity index (χ0n) is 7.12. The van der Waals surface area contributed by atoms with E-state index in [2.05, 4.69) is 23.0 Å². The first-order valence-electron chi connectivity index (χ1n) is 4.36. The van der Waals surface area contributed by atoms with Crippen molar-refractivity contribution in [2.24, 2.45) is 0 Å². The molecule has 12 heavy (non-hydrogen) atoms. The Hall–Kier alpha value is -0.630. The summed E-state index contributed by atoms with van der Waals surface area (Å²) in [7, 11) is 0. The normalized spacial score (nSPS) is 20.5. The Morgan fingerprint density at radius 1 is 1.67 bits per heavy atom. The molecule has 2 aliphatic rings. The van der Waals surface area contributed by atoms with Crippen molar-refractivity contribution in [2.75, 3.05) is 6.54 Å². The minimum Gasteiger partial charge on any atom is -0.339 e. The van der Waals surface area contributed by atoms with E-state index in [0.29, 0.717) is 0 Å². The lowest BCUT2D eigenvalue weighted by atomic mass is 10.2. The van der Waals surface area contributed by atoms with Gasteiger partial charge in [0.05, 0.1) is 5.03 Å². The van der Waals surface area contributed by atoms with Gasteiger partial charge in [0.15, 0.2) is 0 Å². The van der Waals surface area contributed by atoms with Crippen molar-refractivity contribution >= 4 is 11.8 Å². The van der Waals surface area contributed by atoms with Crippen molar-refractivity contribution in [1.82, 2.24) is 4.90 Å². The van der Waals surface area contributed by atoms with Crippen LogP contribution in [0.2, 0.25) is 0 Å². The Kier molecular flexibility index (Phi) is 2.26.